The quantitative estimate of drug-likeness (QED) is 0.479. The first-order valence-electron chi connectivity index (χ1n) is 13.1. The zero-order valence-electron chi connectivity index (χ0n) is 21.7. The van der Waals surface area contributed by atoms with Crippen LogP contribution in [0.15, 0.2) is 47.9 Å². The molecular weight excluding hydrogens is 484 g/mol. The number of amides is 1. The van der Waals surface area contributed by atoms with Crippen molar-refractivity contribution in [2.24, 2.45) is 5.92 Å². The first kappa shape index (κ1) is 24.6. The Morgan fingerprint density at radius 3 is 2.87 bits per heavy atom. The minimum Gasteiger partial charge on any atom is -0.379 e. The van der Waals surface area contributed by atoms with Crippen LogP contribution in [-0.4, -0.2) is 66.0 Å². The normalized spacial score (nSPS) is 21.0. The number of hydrogen-bond donors (Lipinski definition) is 1. The van der Waals surface area contributed by atoms with Crippen LogP contribution in [0.1, 0.15) is 18.4 Å². The Labute approximate surface area is 220 Å². The predicted octanol–water partition coefficient (Wildman–Crippen LogP) is 3.01. The molecule has 10 heteroatoms. The summed E-state index contributed by atoms with van der Waals surface area (Å²) in [7, 11) is 1.67. The van der Waals surface area contributed by atoms with Crippen LogP contribution >= 0.6 is 0 Å². The number of methoxy groups -OCH3 is 1. The zero-order chi connectivity index (χ0) is 26.4. The van der Waals surface area contributed by atoms with E-state index in [-0.39, 0.29) is 23.5 Å². The van der Waals surface area contributed by atoms with Crippen molar-refractivity contribution < 1.29 is 14.3 Å². The van der Waals surface area contributed by atoms with Gasteiger partial charge in [0.2, 0.25) is 5.95 Å². The Bertz CT molecular complexity index is 1470. The van der Waals surface area contributed by atoms with E-state index in [1.54, 1.807) is 22.8 Å². The zero-order valence-corrected chi connectivity index (χ0v) is 21.7. The Hall–Kier alpha value is -3.76. The lowest BCUT2D eigenvalue weighted by atomic mass is 10.1. The van der Waals surface area contributed by atoms with Crippen molar-refractivity contribution in [3.63, 3.8) is 0 Å². The van der Waals surface area contributed by atoms with Crippen LogP contribution < -0.4 is 20.7 Å². The number of nitrogens with zero attached hydrogens (tertiary/aromatic N) is 5. The molecule has 4 heterocycles. The van der Waals surface area contributed by atoms with Gasteiger partial charge in [-0.25, -0.2) is 4.98 Å². The molecule has 3 aromatic rings. The van der Waals surface area contributed by atoms with Gasteiger partial charge in [0.25, 0.3) is 11.5 Å². The number of benzene rings is 1. The van der Waals surface area contributed by atoms with E-state index in [2.05, 4.69) is 16.9 Å². The summed E-state index contributed by atoms with van der Waals surface area (Å²) in [5.41, 5.74) is 3.51. The van der Waals surface area contributed by atoms with E-state index in [1.165, 1.54) is 6.08 Å². The van der Waals surface area contributed by atoms with Crippen molar-refractivity contribution in [1.82, 2.24) is 14.5 Å². The molecule has 1 aliphatic carbocycles. The molecule has 6 rings (SSSR count). The summed E-state index contributed by atoms with van der Waals surface area (Å²) in [6.07, 6.45) is 5.21. The Morgan fingerprint density at radius 2 is 2.11 bits per heavy atom. The van der Waals surface area contributed by atoms with Gasteiger partial charge in [0, 0.05) is 50.3 Å². The molecule has 38 heavy (non-hydrogen) atoms. The lowest BCUT2D eigenvalue weighted by molar-refractivity contribution is -0.114. The van der Waals surface area contributed by atoms with E-state index in [0.29, 0.717) is 56.2 Å². The second-order valence-corrected chi connectivity index (χ2v) is 10.2. The lowest BCUT2D eigenvalue weighted by Gasteiger charge is -2.38. The third-order valence-corrected chi connectivity index (χ3v) is 7.63. The fraction of sp³-hybridized carbons (Fsp3) is 0.429. The Balaban J connectivity index is 1.49. The largest absolute Gasteiger partial charge is 0.379 e. The molecular formula is C28H32N6O4. The molecule has 2 atom stereocenters. The van der Waals surface area contributed by atoms with Crippen LogP contribution in [0.4, 0.5) is 23.0 Å². The molecule has 0 bridgehead atoms. The van der Waals surface area contributed by atoms with E-state index in [0.717, 1.165) is 35.2 Å². The van der Waals surface area contributed by atoms with Crippen molar-refractivity contribution in [3.8, 4) is 0 Å². The maximum Gasteiger partial charge on any atom is 0.276 e. The molecule has 1 aromatic carbocycles. The summed E-state index contributed by atoms with van der Waals surface area (Å²) in [5.74, 6) is 0.388. The van der Waals surface area contributed by atoms with E-state index < -0.39 is 0 Å². The average Bonchev–Trinajstić information content (AvgIpc) is 3.63. The highest BCUT2D eigenvalue weighted by Crippen LogP contribution is 2.39. The number of carbonyl (C=O) groups is 1. The van der Waals surface area contributed by atoms with Gasteiger partial charge in [-0.2, -0.15) is 4.98 Å². The highest BCUT2D eigenvalue weighted by Gasteiger charge is 2.33. The van der Waals surface area contributed by atoms with Crippen molar-refractivity contribution in [2.45, 2.75) is 38.5 Å². The number of ether oxygens (including phenoxy) is 2. The number of aryl methyl sites for hydroxylation is 1. The molecule has 1 N–H and O–H groups in total. The van der Waals surface area contributed by atoms with Crippen LogP contribution in [0.25, 0.3) is 11.0 Å². The molecule has 0 spiro atoms. The van der Waals surface area contributed by atoms with Gasteiger partial charge in [0.15, 0.2) is 0 Å². The summed E-state index contributed by atoms with van der Waals surface area (Å²) in [4.78, 5) is 40.0. The molecule has 2 fully saturated rings. The van der Waals surface area contributed by atoms with Crippen molar-refractivity contribution in [1.29, 1.82) is 0 Å². The third kappa shape index (κ3) is 4.33. The van der Waals surface area contributed by atoms with Crippen LogP contribution in [0, 0.1) is 12.8 Å². The number of hydrogen-bond acceptors (Lipinski definition) is 8. The molecule has 1 saturated heterocycles. The topological polar surface area (TPSA) is 102 Å². The maximum atomic E-state index is 14.2. The van der Waals surface area contributed by atoms with E-state index in [1.807, 2.05) is 36.1 Å². The highest BCUT2D eigenvalue weighted by molar-refractivity contribution is 6.05. The molecule has 0 unspecified atom stereocenters. The smallest absolute Gasteiger partial charge is 0.276 e. The van der Waals surface area contributed by atoms with Gasteiger partial charge in [-0.15, -0.1) is 0 Å². The first-order valence-corrected chi connectivity index (χ1v) is 13.1. The van der Waals surface area contributed by atoms with Crippen molar-refractivity contribution >= 4 is 40.0 Å². The van der Waals surface area contributed by atoms with Crippen LogP contribution in [-0.2, 0) is 20.8 Å². The number of carbonyl (C=O) groups excluding carboxylic acids is 1. The molecule has 2 aliphatic heterocycles. The number of nitrogens with one attached hydrogen (secondary N) is 1. The molecule has 1 saturated carbocycles. The second kappa shape index (κ2) is 9.85. The van der Waals surface area contributed by atoms with Gasteiger partial charge in [0.1, 0.15) is 11.3 Å². The summed E-state index contributed by atoms with van der Waals surface area (Å²) < 4.78 is 13.1. The van der Waals surface area contributed by atoms with Gasteiger partial charge < -0.3 is 24.6 Å². The Kier molecular flexibility index (Phi) is 6.37. The minimum absolute atomic E-state index is 0.0162. The summed E-state index contributed by atoms with van der Waals surface area (Å²) >= 11 is 0. The fourth-order valence-electron chi connectivity index (χ4n) is 5.46. The molecule has 10 nitrogen and oxygen atoms in total. The average molecular weight is 517 g/mol. The number of fused-ring (bicyclic) bond motifs is 2. The minimum atomic E-state index is -0.160. The SMILES string of the molecule is C=CC(=O)N1CCN(c2cc3cnc(NC4CC4)nc3n(C[C@H]3COC[C@H]3OC)c2=O)c2cccc(C)c21. The van der Waals surface area contributed by atoms with Crippen molar-refractivity contribution in [2.75, 3.05) is 48.5 Å². The van der Waals surface area contributed by atoms with E-state index >= 15 is 0 Å². The van der Waals surface area contributed by atoms with Gasteiger partial charge in [0.05, 0.1) is 30.7 Å². The number of pyridine rings is 1. The number of para-hydroxylation sites is 1. The second-order valence-electron chi connectivity index (χ2n) is 10.2. The summed E-state index contributed by atoms with van der Waals surface area (Å²) in [5, 5.41) is 4.11. The highest BCUT2D eigenvalue weighted by atomic mass is 16.5. The molecule has 3 aliphatic rings. The van der Waals surface area contributed by atoms with Gasteiger partial charge >= 0.3 is 0 Å². The van der Waals surface area contributed by atoms with E-state index in [9.17, 15) is 9.59 Å². The van der Waals surface area contributed by atoms with Crippen molar-refractivity contribution in [3.05, 3.63) is 59.0 Å². The van der Waals surface area contributed by atoms with Crippen LogP contribution in [0.3, 0.4) is 0 Å². The fourth-order valence-corrected chi connectivity index (χ4v) is 5.46. The first-order chi connectivity index (χ1) is 18.5. The molecule has 0 radical (unpaired) electrons. The van der Waals surface area contributed by atoms with Crippen LogP contribution in [0.5, 0.6) is 0 Å². The standard InChI is InChI=1S/C28H32N6O4/c1-4-24(35)33-11-10-32(21-7-5-6-17(2)25(21)33)22-12-18-13-29-28(30-20-8-9-20)31-26(18)34(27(22)36)14-19-15-38-16-23(19)37-3/h4-7,12-13,19-20,23H,1,8-11,14-16H2,2-3H3,(H,29,30,31)/t19-,23+/m0/s1. The predicted molar refractivity (Wildman–Crippen MR) is 146 cm³/mol. The van der Waals surface area contributed by atoms with Gasteiger partial charge in [-0.05, 0) is 43.5 Å². The third-order valence-electron chi connectivity index (χ3n) is 7.63. The van der Waals surface area contributed by atoms with Crippen LogP contribution in [0.2, 0.25) is 0 Å². The van der Waals surface area contributed by atoms with Gasteiger partial charge in [-0.3, -0.25) is 14.2 Å². The number of rotatable bonds is 7. The maximum absolute atomic E-state index is 14.2. The summed E-state index contributed by atoms with van der Waals surface area (Å²) in [6, 6.07) is 8.12. The molecule has 2 aromatic heterocycles. The molecule has 198 valence electrons. The monoisotopic (exact) mass is 516 g/mol. The Morgan fingerprint density at radius 1 is 1.26 bits per heavy atom. The summed E-state index contributed by atoms with van der Waals surface area (Å²) in [6.45, 7) is 7.97. The number of aromatic nitrogens is 3. The van der Waals surface area contributed by atoms with E-state index in [4.69, 9.17) is 14.5 Å². The lowest BCUT2D eigenvalue weighted by Crippen LogP contribution is -2.44. The molecule has 1 amide bonds. The number of anilines is 4. The van der Waals surface area contributed by atoms with Gasteiger partial charge in [-0.1, -0.05) is 18.7 Å².